The van der Waals surface area contributed by atoms with Gasteiger partial charge in [-0.05, 0) is 38.2 Å². The third-order valence-corrected chi connectivity index (χ3v) is 3.37. The third kappa shape index (κ3) is 4.71. The Hall–Kier alpha value is -2.16. The molecular formula is C15H22N4O2. The second-order valence-electron chi connectivity index (χ2n) is 5.00. The summed E-state index contributed by atoms with van der Waals surface area (Å²) in [6.07, 6.45) is 2.93. The van der Waals surface area contributed by atoms with Crippen LogP contribution in [-0.4, -0.2) is 27.3 Å². The first-order valence-corrected chi connectivity index (χ1v) is 7.30. The fourth-order valence-corrected chi connectivity index (χ4v) is 2.26. The molecule has 0 radical (unpaired) electrons. The van der Waals surface area contributed by atoms with Gasteiger partial charge in [-0.1, -0.05) is 13.8 Å². The van der Waals surface area contributed by atoms with Crippen molar-refractivity contribution in [2.24, 2.45) is 0 Å². The Morgan fingerprint density at radius 1 is 1.38 bits per heavy atom. The average Bonchev–Trinajstić information content (AvgIpc) is 2.46. The van der Waals surface area contributed by atoms with Crippen LogP contribution in [0.1, 0.15) is 56.9 Å². The molecule has 0 fully saturated rings. The number of carboxylic acid groups (broad SMARTS) is 1. The van der Waals surface area contributed by atoms with Crippen molar-refractivity contribution in [2.45, 2.75) is 58.9 Å². The van der Waals surface area contributed by atoms with Gasteiger partial charge >= 0.3 is 5.97 Å². The molecule has 0 aliphatic heterocycles. The number of nitriles is 1. The lowest BCUT2D eigenvalue weighted by atomic mass is 10.0. The first-order valence-electron chi connectivity index (χ1n) is 7.30. The molecule has 2 N–H and O–H groups in total. The minimum Gasteiger partial charge on any atom is -0.481 e. The maximum absolute atomic E-state index is 10.5. The van der Waals surface area contributed by atoms with E-state index < -0.39 is 5.97 Å². The molecular weight excluding hydrogens is 268 g/mol. The summed E-state index contributed by atoms with van der Waals surface area (Å²) >= 11 is 0. The van der Waals surface area contributed by atoms with Crippen molar-refractivity contribution in [3.8, 4) is 6.07 Å². The van der Waals surface area contributed by atoms with Crippen molar-refractivity contribution in [1.29, 1.82) is 5.26 Å². The Morgan fingerprint density at radius 3 is 2.62 bits per heavy atom. The zero-order chi connectivity index (χ0) is 15.8. The molecule has 0 bridgehead atoms. The molecule has 0 aromatic carbocycles. The van der Waals surface area contributed by atoms with Crippen LogP contribution in [0.5, 0.6) is 0 Å². The SMILES string of the molecule is CCc1nnc(NC(C)CCCC(=O)O)c(C#N)c1CC. The lowest BCUT2D eigenvalue weighted by Gasteiger charge is -2.16. The topological polar surface area (TPSA) is 98.9 Å². The maximum atomic E-state index is 10.5. The van der Waals surface area contributed by atoms with Gasteiger partial charge in [0, 0.05) is 12.5 Å². The van der Waals surface area contributed by atoms with Crippen LogP contribution >= 0.6 is 0 Å². The lowest BCUT2D eigenvalue weighted by Crippen LogP contribution is -2.19. The number of nitrogens with one attached hydrogen (secondary N) is 1. The quantitative estimate of drug-likeness (QED) is 0.763. The molecule has 1 unspecified atom stereocenters. The highest BCUT2D eigenvalue weighted by Crippen LogP contribution is 2.21. The molecule has 114 valence electrons. The first-order chi connectivity index (χ1) is 10.0. The summed E-state index contributed by atoms with van der Waals surface area (Å²) in [6, 6.07) is 2.25. The number of hydrogen-bond acceptors (Lipinski definition) is 5. The number of anilines is 1. The second-order valence-corrected chi connectivity index (χ2v) is 5.00. The van der Waals surface area contributed by atoms with Crippen LogP contribution in [0.4, 0.5) is 5.82 Å². The molecule has 6 heteroatoms. The monoisotopic (exact) mass is 290 g/mol. The molecule has 1 atom stereocenters. The number of rotatable bonds is 8. The second kappa shape index (κ2) is 8.20. The van der Waals surface area contributed by atoms with E-state index in [1.54, 1.807) is 0 Å². The Balaban J connectivity index is 2.84. The summed E-state index contributed by atoms with van der Waals surface area (Å²) in [6.45, 7) is 5.94. The minimum absolute atomic E-state index is 0.0444. The van der Waals surface area contributed by atoms with E-state index in [1.807, 2.05) is 20.8 Å². The molecule has 0 aliphatic carbocycles. The van der Waals surface area contributed by atoms with Gasteiger partial charge in [-0.3, -0.25) is 4.79 Å². The van der Waals surface area contributed by atoms with Gasteiger partial charge in [0.15, 0.2) is 5.82 Å². The van der Waals surface area contributed by atoms with E-state index in [-0.39, 0.29) is 12.5 Å². The Labute approximate surface area is 125 Å². The van der Waals surface area contributed by atoms with Gasteiger partial charge in [0.2, 0.25) is 0 Å². The van der Waals surface area contributed by atoms with Crippen molar-refractivity contribution < 1.29 is 9.90 Å². The van der Waals surface area contributed by atoms with Crippen LogP contribution in [0.2, 0.25) is 0 Å². The standard InChI is InChI=1S/C15H22N4O2/c1-4-11-12(9-16)15(19-18-13(11)5-2)17-10(3)7-6-8-14(20)21/h10H,4-8H2,1-3H3,(H,17,19)(H,20,21). The first kappa shape index (κ1) is 16.9. The molecule has 0 saturated heterocycles. The van der Waals surface area contributed by atoms with E-state index in [0.29, 0.717) is 24.2 Å². The van der Waals surface area contributed by atoms with Gasteiger partial charge in [0.1, 0.15) is 11.6 Å². The maximum Gasteiger partial charge on any atom is 0.303 e. The van der Waals surface area contributed by atoms with Crippen LogP contribution < -0.4 is 5.32 Å². The highest BCUT2D eigenvalue weighted by molar-refractivity contribution is 5.66. The fourth-order valence-electron chi connectivity index (χ4n) is 2.26. The smallest absolute Gasteiger partial charge is 0.303 e. The highest BCUT2D eigenvalue weighted by Gasteiger charge is 2.15. The number of nitrogens with zero attached hydrogens (tertiary/aromatic N) is 3. The van der Waals surface area contributed by atoms with E-state index in [1.165, 1.54) is 0 Å². The zero-order valence-electron chi connectivity index (χ0n) is 12.8. The number of aryl methyl sites for hydroxylation is 1. The Morgan fingerprint density at radius 2 is 2.10 bits per heavy atom. The van der Waals surface area contributed by atoms with E-state index in [2.05, 4.69) is 21.6 Å². The van der Waals surface area contributed by atoms with E-state index >= 15 is 0 Å². The van der Waals surface area contributed by atoms with E-state index in [4.69, 9.17) is 5.11 Å². The minimum atomic E-state index is -0.791. The van der Waals surface area contributed by atoms with Gasteiger partial charge in [0.05, 0.1) is 5.69 Å². The van der Waals surface area contributed by atoms with Crippen LogP contribution in [-0.2, 0) is 17.6 Å². The van der Waals surface area contributed by atoms with E-state index in [0.717, 1.165) is 24.1 Å². The number of hydrogen-bond donors (Lipinski definition) is 2. The molecule has 0 saturated carbocycles. The fraction of sp³-hybridized carbons (Fsp3) is 0.600. The van der Waals surface area contributed by atoms with Crippen LogP contribution in [0.25, 0.3) is 0 Å². The molecule has 0 amide bonds. The van der Waals surface area contributed by atoms with Crippen molar-refractivity contribution in [1.82, 2.24) is 10.2 Å². The van der Waals surface area contributed by atoms with Gasteiger partial charge in [-0.2, -0.15) is 10.4 Å². The van der Waals surface area contributed by atoms with Crippen LogP contribution in [0.15, 0.2) is 0 Å². The molecule has 1 aromatic rings. The van der Waals surface area contributed by atoms with Gasteiger partial charge in [-0.15, -0.1) is 5.10 Å². The van der Waals surface area contributed by atoms with Crippen molar-refractivity contribution in [3.63, 3.8) is 0 Å². The van der Waals surface area contributed by atoms with Crippen molar-refractivity contribution >= 4 is 11.8 Å². The normalized spacial score (nSPS) is 11.7. The number of carbonyl (C=O) groups is 1. The van der Waals surface area contributed by atoms with Gasteiger partial charge in [-0.25, -0.2) is 0 Å². The van der Waals surface area contributed by atoms with Crippen LogP contribution in [0.3, 0.4) is 0 Å². The third-order valence-electron chi connectivity index (χ3n) is 3.37. The van der Waals surface area contributed by atoms with Crippen molar-refractivity contribution in [3.05, 3.63) is 16.8 Å². The zero-order valence-corrected chi connectivity index (χ0v) is 12.8. The molecule has 1 aromatic heterocycles. The summed E-state index contributed by atoms with van der Waals surface area (Å²) in [5, 5.41) is 29.5. The molecule has 6 nitrogen and oxygen atoms in total. The number of carboxylic acids is 1. The van der Waals surface area contributed by atoms with Crippen molar-refractivity contribution in [2.75, 3.05) is 5.32 Å². The summed E-state index contributed by atoms with van der Waals surface area (Å²) in [5.41, 5.74) is 2.35. The van der Waals surface area contributed by atoms with Gasteiger partial charge in [0.25, 0.3) is 0 Å². The molecule has 0 aliphatic rings. The number of aromatic nitrogens is 2. The lowest BCUT2D eigenvalue weighted by molar-refractivity contribution is -0.137. The highest BCUT2D eigenvalue weighted by atomic mass is 16.4. The Kier molecular flexibility index (Phi) is 6.60. The molecule has 21 heavy (non-hydrogen) atoms. The Bertz CT molecular complexity index is 537. The van der Waals surface area contributed by atoms with E-state index in [9.17, 15) is 10.1 Å². The average molecular weight is 290 g/mol. The molecule has 0 spiro atoms. The largest absolute Gasteiger partial charge is 0.481 e. The number of aliphatic carboxylic acids is 1. The summed E-state index contributed by atoms with van der Waals surface area (Å²) in [4.78, 5) is 10.5. The molecule has 1 heterocycles. The summed E-state index contributed by atoms with van der Waals surface area (Å²) in [7, 11) is 0. The predicted molar refractivity (Wildman–Crippen MR) is 80.1 cm³/mol. The van der Waals surface area contributed by atoms with Crippen LogP contribution in [0, 0.1) is 11.3 Å². The summed E-state index contributed by atoms with van der Waals surface area (Å²) in [5.74, 6) is -0.297. The molecule has 1 rings (SSSR count). The summed E-state index contributed by atoms with van der Waals surface area (Å²) < 4.78 is 0. The predicted octanol–water partition coefficient (Wildman–Crippen LogP) is 2.53. The van der Waals surface area contributed by atoms with Gasteiger partial charge < -0.3 is 10.4 Å².